The highest BCUT2D eigenvalue weighted by Gasteiger charge is 2.03. The van der Waals surface area contributed by atoms with Gasteiger partial charge in [0.05, 0.1) is 6.33 Å². The monoisotopic (exact) mass is 321 g/mol. The molecule has 0 saturated heterocycles. The third-order valence-electron chi connectivity index (χ3n) is 2.05. The standard InChI is InChI=1S/C10H16IN3O/c1-7(2)4-3-5-12-9-8(11)10(15)14-6-13-9/h6-7H,3-5H2,1-2H3,(H2,12,13,14,15). The van der Waals surface area contributed by atoms with Crippen molar-refractivity contribution in [2.75, 3.05) is 11.9 Å². The van der Waals surface area contributed by atoms with Gasteiger partial charge in [-0.2, -0.15) is 0 Å². The maximum Gasteiger partial charge on any atom is 0.266 e. The molecule has 0 aliphatic rings. The summed E-state index contributed by atoms with van der Waals surface area (Å²) in [6, 6.07) is 0. The van der Waals surface area contributed by atoms with Gasteiger partial charge in [-0.3, -0.25) is 4.79 Å². The molecule has 15 heavy (non-hydrogen) atoms. The van der Waals surface area contributed by atoms with Crippen molar-refractivity contribution < 1.29 is 0 Å². The summed E-state index contributed by atoms with van der Waals surface area (Å²) >= 11 is 2.00. The van der Waals surface area contributed by atoms with E-state index in [0.29, 0.717) is 9.39 Å². The highest BCUT2D eigenvalue weighted by molar-refractivity contribution is 14.1. The molecule has 0 aromatic carbocycles. The Balaban J connectivity index is 2.44. The number of aromatic nitrogens is 2. The summed E-state index contributed by atoms with van der Waals surface area (Å²) in [6.07, 6.45) is 3.71. The molecule has 4 nitrogen and oxygen atoms in total. The van der Waals surface area contributed by atoms with Crippen LogP contribution in [0.15, 0.2) is 11.1 Å². The molecule has 0 spiro atoms. The van der Waals surface area contributed by atoms with Crippen LogP contribution in [0.5, 0.6) is 0 Å². The zero-order valence-electron chi connectivity index (χ0n) is 9.01. The first-order valence-corrected chi connectivity index (χ1v) is 6.16. The van der Waals surface area contributed by atoms with Gasteiger partial charge in [0.1, 0.15) is 9.39 Å². The molecule has 0 amide bonds. The molecule has 5 heteroatoms. The van der Waals surface area contributed by atoms with E-state index in [0.717, 1.165) is 18.9 Å². The molecule has 1 aromatic heterocycles. The Kier molecular flexibility index (Phi) is 5.07. The molecule has 0 unspecified atom stereocenters. The summed E-state index contributed by atoms with van der Waals surface area (Å²) in [5.74, 6) is 1.40. The molecule has 1 rings (SSSR count). The van der Waals surface area contributed by atoms with E-state index in [4.69, 9.17) is 0 Å². The Morgan fingerprint density at radius 3 is 3.00 bits per heavy atom. The van der Waals surface area contributed by atoms with Gasteiger partial charge >= 0.3 is 0 Å². The van der Waals surface area contributed by atoms with Crippen molar-refractivity contribution in [2.45, 2.75) is 26.7 Å². The highest BCUT2D eigenvalue weighted by Crippen LogP contribution is 2.09. The van der Waals surface area contributed by atoms with Crippen LogP contribution in [-0.4, -0.2) is 16.5 Å². The lowest BCUT2D eigenvalue weighted by Gasteiger charge is -2.07. The average molecular weight is 321 g/mol. The van der Waals surface area contributed by atoms with Crippen molar-refractivity contribution in [2.24, 2.45) is 5.92 Å². The van der Waals surface area contributed by atoms with E-state index in [1.54, 1.807) is 0 Å². The van der Waals surface area contributed by atoms with Crippen LogP contribution in [-0.2, 0) is 0 Å². The predicted molar refractivity (Wildman–Crippen MR) is 70.1 cm³/mol. The number of halogens is 1. The molecule has 0 saturated carbocycles. The summed E-state index contributed by atoms with van der Waals surface area (Å²) in [4.78, 5) is 17.9. The molecule has 0 fully saturated rings. The molecule has 0 bridgehead atoms. The van der Waals surface area contributed by atoms with Gasteiger partial charge in [-0.25, -0.2) is 4.98 Å². The van der Waals surface area contributed by atoms with Gasteiger partial charge in [-0.1, -0.05) is 13.8 Å². The van der Waals surface area contributed by atoms with Gasteiger partial charge in [0, 0.05) is 6.54 Å². The summed E-state index contributed by atoms with van der Waals surface area (Å²) in [5.41, 5.74) is -0.0861. The maximum atomic E-state index is 11.2. The van der Waals surface area contributed by atoms with Crippen LogP contribution in [0.2, 0.25) is 0 Å². The third-order valence-corrected chi connectivity index (χ3v) is 3.05. The molecule has 84 valence electrons. The summed E-state index contributed by atoms with van der Waals surface area (Å²) in [6.45, 7) is 5.27. The van der Waals surface area contributed by atoms with E-state index in [-0.39, 0.29) is 5.56 Å². The first kappa shape index (κ1) is 12.5. The van der Waals surface area contributed by atoms with Crippen LogP contribution in [0.3, 0.4) is 0 Å². The van der Waals surface area contributed by atoms with Gasteiger partial charge in [0.25, 0.3) is 5.56 Å². The van der Waals surface area contributed by atoms with Crippen LogP contribution in [0.25, 0.3) is 0 Å². The lowest BCUT2D eigenvalue weighted by molar-refractivity contribution is 0.566. The Hall–Kier alpha value is -0.590. The zero-order valence-corrected chi connectivity index (χ0v) is 11.2. The number of nitrogens with one attached hydrogen (secondary N) is 2. The van der Waals surface area contributed by atoms with Crippen molar-refractivity contribution in [3.05, 3.63) is 20.3 Å². The SMILES string of the molecule is CC(C)CCCNc1nc[nH]c(=O)c1I. The van der Waals surface area contributed by atoms with Crippen molar-refractivity contribution in [3.8, 4) is 0 Å². The number of H-pyrrole nitrogens is 1. The van der Waals surface area contributed by atoms with Crippen molar-refractivity contribution in [3.63, 3.8) is 0 Å². The van der Waals surface area contributed by atoms with E-state index in [1.165, 1.54) is 12.7 Å². The molecular weight excluding hydrogens is 305 g/mol. The minimum Gasteiger partial charge on any atom is -0.369 e. The number of hydrogen-bond acceptors (Lipinski definition) is 3. The fraction of sp³-hybridized carbons (Fsp3) is 0.600. The highest BCUT2D eigenvalue weighted by atomic mass is 127. The summed E-state index contributed by atoms with van der Waals surface area (Å²) in [7, 11) is 0. The lowest BCUT2D eigenvalue weighted by atomic mass is 10.1. The molecule has 0 radical (unpaired) electrons. The fourth-order valence-electron chi connectivity index (χ4n) is 1.22. The second kappa shape index (κ2) is 6.09. The zero-order chi connectivity index (χ0) is 11.3. The first-order valence-electron chi connectivity index (χ1n) is 5.08. The van der Waals surface area contributed by atoms with Crippen LogP contribution in [0, 0.1) is 9.49 Å². The van der Waals surface area contributed by atoms with Crippen molar-refractivity contribution >= 4 is 28.4 Å². The third kappa shape index (κ3) is 4.19. The lowest BCUT2D eigenvalue weighted by Crippen LogP contribution is -2.15. The molecule has 0 aliphatic heterocycles. The van der Waals surface area contributed by atoms with Gasteiger partial charge in [-0.15, -0.1) is 0 Å². The quantitative estimate of drug-likeness (QED) is 0.646. The fourth-order valence-corrected chi connectivity index (χ4v) is 1.71. The summed E-state index contributed by atoms with van der Waals surface area (Å²) < 4.78 is 0.625. The molecular formula is C10H16IN3O. The molecule has 0 atom stereocenters. The Morgan fingerprint density at radius 1 is 1.60 bits per heavy atom. The van der Waals surface area contributed by atoms with E-state index in [9.17, 15) is 4.79 Å². The number of nitrogens with zero attached hydrogens (tertiary/aromatic N) is 1. The second-order valence-electron chi connectivity index (χ2n) is 3.86. The largest absolute Gasteiger partial charge is 0.369 e. The van der Waals surface area contributed by atoms with Crippen LogP contribution >= 0.6 is 22.6 Å². The molecule has 1 heterocycles. The number of rotatable bonds is 5. The van der Waals surface area contributed by atoms with Crippen LogP contribution in [0.1, 0.15) is 26.7 Å². The Morgan fingerprint density at radius 2 is 2.33 bits per heavy atom. The predicted octanol–water partition coefficient (Wildman–Crippen LogP) is 2.22. The van der Waals surface area contributed by atoms with E-state index in [2.05, 4.69) is 29.1 Å². The topological polar surface area (TPSA) is 57.8 Å². The minimum absolute atomic E-state index is 0.0861. The van der Waals surface area contributed by atoms with E-state index >= 15 is 0 Å². The van der Waals surface area contributed by atoms with Crippen LogP contribution in [0.4, 0.5) is 5.82 Å². The van der Waals surface area contributed by atoms with E-state index in [1.807, 2.05) is 22.6 Å². The van der Waals surface area contributed by atoms with E-state index < -0.39 is 0 Å². The van der Waals surface area contributed by atoms with Gasteiger partial charge in [0.15, 0.2) is 0 Å². The smallest absolute Gasteiger partial charge is 0.266 e. The maximum absolute atomic E-state index is 11.2. The van der Waals surface area contributed by atoms with Gasteiger partial charge in [0.2, 0.25) is 0 Å². The van der Waals surface area contributed by atoms with Crippen molar-refractivity contribution in [1.82, 2.24) is 9.97 Å². The second-order valence-corrected chi connectivity index (χ2v) is 4.94. The van der Waals surface area contributed by atoms with Crippen molar-refractivity contribution in [1.29, 1.82) is 0 Å². The minimum atomic E-state index is -0.0861. The number of anilines is 1. The number of aromatic amines is 1. The Labute approximate surface area is 103 Å². The van der Waals surface area contributed by atoms with Gasteiger partial charge in [-0.05, 0) is 41.4 Å². The molecule has 2 N–H and O–H groups in total. The first-order chi connectivity index (χ1) is 7.11. The summed E-state index contributed by atoms with van der Waals surface area (Å²) in [5, 5.41) is 3.17. The normalized spacial score (nSPS) is 10.7. The molecule has 1 aromatic rings. The number of hydrogen-bond donors (Lipinski definition) is 2. The average Bonchev–Trinajstić information content (AvgIpc) is 2.18. The Bertz CT molecular complexity index is 362. The molecule has 0 aliphatic carbocycles. The van der Waals surface area contributed by atoms with Crippen LogP contribution < -0.4 is 10.9 Å². The van der Waals surface area contributed by atoms with Gasteiger partial charge < -0.3 is 10.3 Å².